The number of methoxy groups -OCH3 is 2. The molecule has 0 radical (unpaired) electrons. The van der Waals surface area contributed by atoms with Gasteiger partial charge in [0.1, 0.15) is 12.3 Å². The molecule has 1 amide bonds. The van der Waals surface area contributed by atoms with Crippen LogP contribution in [0.1, 0.15) is 15.9 Å². The molecule has 0 aliphatic heterocycles. The van der Waals surface area contributed by atoms with Crippen molar-refractivity contribution >= 4 is 35.1 Å². The number of rotatable bonds is 7. The van der Waals surface area contributed by atoms with Crippen molar-refractivity contribution < 1.29 is 29.3 Å². The molecule has 144 valence electrons. The molecule has 9 heteroatoms. The van der Waals surface area contributed by atoms with Gasteiger partial charge in [-0.15, -0.1) is 0 Å². The van der Waals surface area contributed by atoms with Gasteiger partial charge in [0, 0.05) is 11.6 Å². The number of benzene rings is 2. The largest absolute Gasteiger partial charge is 0.506 e. The highest BCUT2D eigenvalue weighted by molar-refractivity contribution is 6.36. The molecule has 0 heterocycles. The highest BCUT2D eigenvalue weighted by atomic mass is 35.5. The summed E-state index contributed by atoms with van der Waals surface area (Å²) in [4.78, 5) is 25.1. The fourth-order valence-corrected chi connectivity index (χ4v) is 2.95. The topological polar surface area (TPSA) is 96.3 Å². The maximum absolute atomic E-state index is 12.8. The maximum atomic E-state index is 12.8. The monoisotopic (exact) mass is 413 g/mol. The number of hydrogen-bond donors (Lipinski definition) is 2. The molecule has 0 aromatic heterocycles. The van der Waals surface area contributed by atoms with E-state index in [4.69, 9.17) is 37.8 Å². The van der Waals surface area contributed by atoms with Crippen molar-refractivity contribution in [1.29, 1.82) is 0 Å². The van der Waals surface area contributed by atoms with Gasteiger partial charge in [-0.3, -0.25) is 9.59 Å². The number of amides is 1. The number of halogens is 2. The number of aliphatic carboxylic acids is 1. The van der Waals surface area contributed by atoms with Crippen LogP contribution >= 0.6 is 23.2 Å². The van der Waals surface area contributed by atoms with Crippen molar-refractivity contribution in [2.75, 3.05) is 20.8 Å². The van der Waals surface area contributed by atoms with E-state index in [0.717, 1.165) is 4.90 Å². The molecule has 27 heavy (non-hydrogen) atoms. The first-order valence-corrected chi connectivity index (χ1v) is 8.42. The highest BCUT2D eigenvalue weighted by Crippen LogP contribution is 2.33. The minimum absolute atomic E-state index is 0.0466. The first-order valence-electron chi connectivity index (χ1n) is 7.66. The number of hydrogen-bond acceptors (Lipinski definition) is 5. The number of ether oxygens (including phenoxy) is 2. The third-order valence-electron chi connectivity index (χ3n) is 3.69. The van der Waals surface area contributed by atoms with E-state index in [9.17, 15) is 14.7 Å². The van der Waals surface area contributed by atoms with E-state index in [2.05, 4.69) is 0 Å². The van der Waals surface area contributed by atoms with E-state index in [-0.39, 0.29) is 22.2 Å². The van der Waals surface area contributed by atoms with Crippen LogP contribution in [0.15, 0.2) is 30.3 Å². The number of phenols is 1. The third kappa shape index (κ3) is 4.96. The Labute approximate surface area is 165 Å². The molecule has 0 aliphatic rings. The Kier molecular flexibility index (Phi) is 6.76. The lowest BCUT2D eigenvalue weighted by molar-refractivity contribution is -0.137. The Morgan fingerprint density at radius 1 is 1.07 bits per heavy atom. The standard InChI is InChI=1S/C18H17Cl2NO6/c1-26-14-4-3-10(5-15(14)27-2)8-21(9-16(22)23)18(25)12-6-11(19)7-13(20)17(12)24/h3-7,24H,8-9H2,1-2H3,(H,22,23). The average molecular weight is 414 g/mol. The Bertz CT molecular complexity index is 871. The van der Waals surface area contributed by atoms with E-state index < -0.39 is 24.2 Å². The van der Waals surface area contributed by atoms with Gasteiger partial charge in [-0.05, 0) is 29.8 Å². The summed E-state index contributed by atoms with van der Waals surface area (Å²) in [5.74, 6) is -1.47. The van der Waals surface area contributed by atoms with Crippen LogP contribution in [0.3, 0.4) is 0 Å². The zero-order valence-corrected chi connectivity index (χ0v) is 16.0. The molecule has 2 rings (SSSR count). The molecule has 2 aromatic rings. The van der Waals surface area contributed by atoms with Crippen molar-refractivity contribution in [2.24, 2.45) is 0 Å². The molecule has 0 aliphatic carbocycles. The number of carboxylic acid groups (broad SMARTS) is 1. The average Bonchev–Trinajstić information content (AvgIpc) is 2.63. The van der Waals surface area contributed by atoms with Crippen molar-refractivity contribution in [3.63, 3.8) is 0 Å². The van der Waals surface area contributed by atoms with Crippen LogP contribution in [0.4, 0.5) is 0 Å². The zero-order valence-electron chi connectivity index (χ0n) is 14.5. The van der Waals surface area contributed by atoms with Gasteiger partial charge in [0.2, 0.25) is 0 Å². The number of carbonyl (C=O) groups is 2. The Morgan fingerprint density at radius 2 is 1.74 bits per heavy atom. The van der Waals surface area contributed by atoms with Crippen LogP contribution in [0, 0.1) is 0 Å². The Hall–Kier alpha value is -2.64. The summed E-state index contributed by atoms with van der Waals surface area (Å²) in [6.45, 7) is -0.633. The minimum atomic E-state index is -1.21. The molecule has 7 nitrogen and oxygen atoms in total. The van der Waals surface area contributed by atoms with Crippen LogP contribution in [0.2, 0.25) is 10.0 Å². The van der Waals surface area contributed by atoms with Gasteiger partial charge in [-0.2, -0.15) is 0 Å². The molecule has 0 atom stereocenters. The van der Waals surface area contributed by atoms with Gasteiger partial charge in [0.25, 0.3) is 5.91 Å². The molecule has 2 N–H and O–H groups in total. The molecule has 2 aromatic carbocycles. The fourth-order valence-electron chi connectivity index (χ4n) is 2.46. The number of phenolic OH excluding ortho intramolecular Hbond substituents is 1. The van der Waals surface area contributed by atoms with Crippen LogP contribution in [-0.2, 0) is 11.3 Å². The van der Waals surface area contributed by atoms with Crippen LogP contribution in [0.5, 0.6) is 17.2 Å². The second-order valence-corrected chi connectivity index (χ2v) is 6.37. The van der Waals surface area contributed by atoms with Gasteiger partial charge in [0.15, 0.2) is 11.5 Å². The quantitative estimate of drug-likeness (QED) is 0.721. The van der Waals surface area contributed by atoms with E-state index in [1.807, 2.05) is 0 Å². The molecular formula is C18H17Cl2NO6. The normalized spacial score (nSPS) is 10.4. The lowest BCUT2D eigenvalue weighted by atomic mass is 10.1. The third-order valence-corrected chi connectivity index (χ3v) is 4.20. The minimum Gasteiger partial charge on any atom is -0.506 e. The second-order valence-electron chi connectivity index (χ2n) is 5.53. The molecule has 0 saturated carbocycles. The lowest BCUT2D eigenvalue weighted by Gasteiger charge is -2.22. The smallest absolute Gasteiger partial charge is 0.323 e. The van der Waals surface area contributed by atoms with Crippen molar-refractivity contribution in [3.8, 4) is 17.2 Å². The molecule has 0 saturated heterocycles. The van der Waals surface area contributed by atoms with E-state index >= 15 is 0 Å². The number of carboxylic acids is 1. The van der Waals surface area contributed by atoms with E-state index in [1.54, 1.807) is 18.2 Å². The molecule has 0 unspecified atom stereocenters. The molecular weight excluding hydrogens is 397 g/mol. The first-order chi connectivity index (χ1) is 12.8. The van der Waals surface area contributed by atoms with Gasteiger partial charge in [-0.25, -0.2) is 0 Å². The van der Waals surface area contributed by atoms with Gasteiger partial charge < -0.3 is 24.6 Å². The molecule has 0 spiro atoms. The van der Waals surface area contributed by atoms with E-state index in [1.165, 1.54) is 26.4 Å². The summed E-state index contributed by atoms with van der Waals surface area (Å²) in [7, 11) is 2.96. The predicted octanol–water partition coefficient (Wildman–Crippen LogP) is 3.44. The van der Waals surface area contributed by atoms with Crippen LogP contribution in [-0.4, -0.2) is 47.8 Å². The van der Waals surface area contributed by atoms with Gasteiger partial charge >= 0.3 is 5.97 Å². The maximum Gasteiger partial charge on any atom is 0.323 e. The summed E-state index contributed by atoms with van der Waals surface area (Å²) in [5.41, 5.74) is 0.420. The number of nitrogens with zero attached hydrogens (tertiary/aromatic N) is 1. The van der Waals surface area contributed by atoms with Crippen molar-refractivity contribution in [2.45, 2.75) is 6.54 Å². The lowest BCUT2D eigenvalue weighted by Crippen LogP contribution is -2.35. The second kappa shape index (κ2) is 8.83. The molecule has 0 bridgehead atoms. The summed E-state index contributed by atoms with van der Waals surface area (Å²) in [6, 6.07) is 7.46. The number of aromatic hydroxyl groups is 1. The SMILES string of the molecule is COc1ccc(CN(CC(=O)O)C(=O)c2cc(Cl)cc(Cl)c2O)cc1OC. The van der Waals surface area contributed by atoms with Crippen molar-refractivity contribution in [1.82, 2.24) is 4.90 Å². The summed E-state index contributed by atoms with van der Waals surface area (Å²) < 4.78 is 10.4. The Balaban J connectivity index is 2.38. The Morgan fingerprint density at radius 3 is 2.33 bits per heavy atom. The summed E-state index contributed by atoms with van der Waals surface area (Å²) in [5, 5.41) is 19.3. The fraction of sp³-hybridized carbons (Fsp3) is 0.222. The van der Waals surface area contributed by atoms with E-state index in [0.29, 0.717) is 17.1 Å². The van der Waals surface area contributed by atoms with Gasteiger partial charge in [0.05, 0.1) is 24.8 Å². The molecule has 0 fully saturated rings. The zero-order chi connectivity index (χ0) is 20.1. The van der Waals surface area contributed by atoms with Crippen LogP contribution in [0.25, 0.3) is 0 Å². The highest BCUT2D eigenvalue weighted by Gasteiger charge is 2.24. The van der Waals surface area contributed by atoms with Crippen molar-refractivity contribution in [3.05, 3.63) is 51.5 Å². The van der Waals surface area contributed by atoms with Gasteiger partial charge in [-0.1, -0.05) is 29.3 Å². The first kappa shape index (κ1) is 20.7. The predicted molar refractivity (Wildman–Crippen MR) is 100 cm³/mol. The summed E-state index contributed by atoms with van der Waals surface area (Å²) in [6.07, 6.45) is 0. The van der Waals surface area contributed by atoms with Crippen LogP contribution < -0.4 is 9.47 Å². The number of carbonyl (C=O) groups excluding carboxylic acids is 1. The summed E-state index contributed by atoms with van der Waals surface area (Å²) >= 11 is 11.8.